The van der Waals surface area contributed by atoms with Crippen molar-refractivity contribution in [3.63, 3.8) is 0 Å². The molecule has 0 bridgehead atoms. The van der Waals surface area contributed by atoms with E-state index in [9.17, 15) is 4.79 Å². The molecule has 0 fully saturated rings. The first kappa shape index (κ1) is 15.4. The van der Waals surface area contributed by atoms with Crippen LogP contribution in [0.3, 0.4) is 0 Å². The van der Waals surface area contributed by atoms with Crippen molar-refractivity contribution in [1.82, 2.24) is 19.7 Å². The highest BCUT2D eigenvalue weighted by atomic mass is 16.5. The van der Waals surface area contributed by atoms with E-state index in [0.717, 1.165) is 0 Å². The lowest BCUT2D eigenvalue weighted by Gasteiger charge is -2.10. The molecule has 0 saturated carbocycles. The van der Waals surface area contributed by atoms with Crippen LogP contribution in [-0.2, 0) is 11.3 Å². The predicted octanol–water partition coefficient (Wildman–Crippen LogP) is 2.15. The van der Waals surface area contributed by atoms with Gasteiger partial charge in [0.2, 0.25) is 5.89 Å². The molecular weight excluding hydrogens is 300 g/mol. The zero-order valence-corrected chi connectivity index (χ0v) is 13.2. The van der Waals surface area contributed by atoms with Crippen molar-refractivity contribution in [2.24, 2.45) is 5.92 Å². The maximum Gasteiger partial charge on any atom is 0.421 e. The highest BCUT2D eigenvalue weighted by Gasteiger charge is 2.17. The van der Waals surface area contributed by atoms with Gasteiger partial charge >= 0.3 is 5.76 Å². The molecule has 8 nitrogen and oxygen atoms in total. The summed E-state index contributed by atoms with van der Waals surface area (Å²) in [4.78, 5) is 20.3. The number of rotatable bonds is 6. The van der Waals surface area contributed by atoms with Crippen LogP contribution < -0.4 is 5.76 Å². The fourth-order valence-electron chi connectivity index (χ4n) is 2.08. The predicted molar refractivity (Wildman–Crippen MR) is 80.9 cm³/mol. The summed E-state index contributed by atoms with van der Waals surface area (Å²) < 4.78 is 17.3. The topological polar surface area (TPSA) is 96.2 Å². The Kier molecular flexibility index (Phi) is 4.24. The Morgan fingerprint density at radius 2 is 2.17 bits per heavy atom. The van der Waals surface area contributed by atoms with Gasteiger partial charge in [-0.1, -0.05) is 19.0 Å². The minimum atomic E-state index is -0.512. The minimum Gasteiger partial charge on any atom is -0.406 e. The van der Waals surface area contributed by atoms with Crippen LogP contribution in [0, 0.1) is 5.92 Å². The highest BCUT2D eigenvalue weighted by Crippen LogP contribution is 2.16. The molecule has 122 valence electrons. The third-order valence-electron chi connectivity index (χ3n) is 3.24. The second-order valence-corrected chi connectivity index (χ2v) is 5.69. The van der Waals surface area contributed by atoms with E-state index in [1.807, 2.05) is 6.92 Å². The summed E-state index contributed by atoms with van der Waals surface area (Å²) in [5, 5.41) is 3.91. The van der Waals surface area contributed by atoms with Crippen LogP contribution >= 0.6 is 0 Å². The quantitative estimate of drug-likeness (QED) is 0.687. The molecule has 0 amide bonds. The van der Waals surface area contributed by atoms with Crippen molar-refractivity contribution in [2.75, 3.05) is 6.61 Å². The second-order valence-electron chi connectivity index (χ2n) is 5.69. The molecule has 8 heteroatoms. The van der Waals surface area contributed by atoms with Gasteiger partial charge in [-0.15, -0.1) is 0 Å². The molecule has 3 aromatic rings. The summed E-state index contributed by atoms with van der Waals surface area (Å²) >= 11 is 0. The Morgan fingerprint density at radius 3 is 2.96 bits per heavy atom. The molecule has 0 saturated heterocycles. The summed E-state index contributed by atoms with van der Waals surface area (Å²) in [5.41, 5.74) is 0.868. The van der Waals surface area contributed by atoms with Crippen molar-refractivity contribution >= 4 is 11.2 Å². The molecule has 3 heterocycles. The zero-order chi connectivity index (χ0) is 16.4. The number of hydrogen-bond donors (Lipinski definition) is 0. The standard InChI is InChI=1S/C15H18N4O4/c1-9(2)8-21-10(3)13-17-12(23-18-13)7-19-14-11(22-15(19)20)5-4-6-16-14/h4-6,9-10H,7-8H2,1-3H3/t10-/m1/s1. The minimum absolute atomic E-state index is 0.104. The van der Waals surface area contributed by atoms with Crippen LogP contribution in [-0.4, -0.2) is 26.3 Å². The lowest BCUT2D eigenvalue weighted by Crippen LogP contribution is -2.15. The second kappa shape index (κ2) is 6.33. The van der Waals surface area contributed by atoms with E-state index in [0.29, 0.717) is 35.5 Å². The molecule has 23 heavy (non-hydrogen) atoms. The molecular formula is C15H18N4O4. The van der Waals surface area contributed by atoms with E-state index in [1.165, 1.54) is 4.57 Å². The monoisotopic (exact) mass is 318 g/mol. The molecule has 3 rings (SSSR count). The van der Waals surface area contributed by atoms with Gasteiger partial charge in [-0.05, 0) is 25.0 Å². The van der Waals surface area contributed by atoms with Gasteiger partial charge in [0, 0.05) is 12.8 Å². The van der Waals surface area contributed by atoms with Crippen molar-refractivity contribution in [3.05, 3.63) is 40.6 Å². The van der Waals surface area contributed by atoms with Crippen molar-refractivity contribution in [1.29, 1.82) is 0 Å². The molecule has 0 unspecified atom stereocenters. The fourth-order valence-corrected chi connectivity index (χ4v) is 2.08. The third-order valence-corrected chi connectivity index (χ3v) is 3.24. The van der Waals surface area contributed by atoms with Crippen LogP contribution in [0.25, 0.3) is 11.2 Å². The molecule has 1 atom stereocenters. The average Bonchev–Trinajstić information content (AvgIpc) is 3.11. The highest BCUT2D eigenvalue weighted by molar-refractivity contribution is 5.67. The first-order chi connectivity index (χ1) is 11.0. The summed E-state index contributed by atoms with van der Waals surface area (Å²) in [5.74, 6) is 0.665. The van der Waals surface area contributed by atoms with Crippen molar-refractivity contribution in [3.8, 4) is 0 Å². The van der Waals surface area contributed by atoms with Crippen LogP contribution in [0.15, 0.2) is 32.1 Å². The Bertz CT molecular complexity index is 848. The molecule has 0 aliphatic carbocycles. The number of fused-ring (bicyclic) bond motifs is 1. The van der Waals surface area contributed by atoms with Gasteiger partial charge in [0.25, 0.3) is 0 Å². The van der Waals surface area contributed by atoms with Gasteiger partial charge in [0.05, 0.1) is 0 Å². The van der Waals surface area contributed by atoms with E-state index in [4.69, 9.17) is 13.7 Å². The number of pyridine rings is 1. The Labute approximate surface area is 132 Å². The van der Waals surface area contributed by atoms with Gasteiger partial charge in [0.1, 0.15) is 12.6 Å². The first-order valence-electron chi connectivity index (χ1n) is 7.43. The fraction of sp³-hybridized carbons (Fsp3) is 0.467. The van der Waals surface area contributed by atoms with Crippen molar-refractivity contribution < 1.29 is 13.7 Å². The van der Waals surface area contributed by atoms with E-state index in [2.05, 4.69) is 29.0 Å². The maximum atomic E-state index is 11.9. The summed E-state index contributed by atoms with van der Waals surface area (Å²) in [6.45, 7) is 6.71. The van der Waals surface area contributed by atoms with Gasteiger partial charge in [-0.2, -0.15) is 4.98 Å². The lowest BCUT2D eigenvalue weighted by molar-refractivity contribution is 0.0402. The lowest BCUT2D eigenvalue weighted by atomic mass is 10.2. The summed E-state index contributed by atoms with van der Waals surface area (Å²) in [6, 6.07) is 3.38. The van der Waals surface area contributed by atoms with Crippen molar-refractivity contribution in [2.45, 2.75) is 33.4 Å². The Balaban J connectivity index is 1.78. The van der Waals surface area contributed by atoms with Gasteiger partial charge in [0.15, 0.2) is 17.1 Å². The Hall–Kier alpha value is -2.48. The molecule has 0 aliphatic rings. The van der Waals surface area contributed by atoms with E-state index < -0.39 is 5.76 Å². The van der Waals surface area contributed by atoms with Gasteiger partial charge in [-0.3, -0.25) is 0 Å². The number of oxazole rings is 1. The average molecular weight is 318 g/mol. The molecule has 0 N–H and O–H groups in total. The van der Waals surface area contributed by atoms with Crippen LogP contribution in [0.4, 0.5) is 0 Å². The maximum absolute atomic E-state index is 11.9. The molecule has 0 spiro atoms. The molecule has 0 radical (unpaired) electrons. The summed E-state index contributed by atoms with van der Waals surface area (Å²) in [6.07, 6.45) is 1.32. The van der Waals surface area contributed by atoms with E-state index >= 15 is 0 Å². The number of aromatic nitrogens is 4. The van der Waals surface area contributed by atoms with E-state index in [1.54, 1.807) is 18.3 Å². The number of hydrogen-bond acceptors (Lipinski definition) is 7. The SMILES string of the molecule is CC(C)CO[C@H](C)c1noc(Cn2c(=O)oc3cccnc32)n1. The van der Waals surface area contributed by atoms with Gasteiger partial charge in [-0.25, -0.2) is 14.3 Å². The van der Waals surface area contributed by atoms with Gasteiger partial charge < -0.3 is 13.7 Å². The van der Waals surface area contributed by atoms with Crippen LogP contribution in [0.5, 0.6) is 0 Å². The number of nitrogens with zero attached hydrogens (tertiary/aromatic N) is 4. The molecule has 0 aliphatic heterocycles. The summed E-state index contributed by atoms with van der Waals surface area (Å²) in [7, 11) is 0. The van der Waals surface area contributed by atoms with Crippen LogP contribution in [0.1, 0.15) is 38.6 Å². The largest absolute Gasteiger partial charge is 0.421 e. The smallest absolute Gasteiger partial charge is 0.406 e. The Morgan fingerprint density at radius 1 is 1.35 bits per heavy atom. The first-order valence-corrected chi connectivity index (χ1v) is 7.43. The van der Waals surface area contributed by atoms with E-state index in [-0.39, 0.29) is 12.6 Å². The van der Waals surface area contributed by atoms with Crippen LogP contribution in [0.2, 0.25) is 0 Å². The third kappa shape index (κ3) is 3.31. The molecule has 3 aromatic heterocycles. The normalized spacial score (nSPS) is 13.0. The zero-order valence-electron chi connectivity index (χ0n) is 13.2. The number of ether oxygens (including phenoxy) is 1. The molecule has 0 aromatic carbocycles.